The molecule has 0 saturated carbocycles. The van der Waals surface area contributed by atoms with E-state index in [1.807, 2.05) is 43.3 Å². The molecule has 1 aliphatic rings. The number of hydrogen-bond donors (Lipinski definition) is 0. The molecule has 0 spiro atoms. The predicted octanol–water partition coefficient (Wildman–Crippen LogP) is 3.98. The number of carbonyl (C=O) groups is 1. The van der Waals surface area contributed by atoms with Crippen molar-refractivity contribution in [3.63, 3.8) is 0 Å². The smallest absolute Gasteiger partial charge is 0.270 e. The average molecular weight is 438 g/mol. The molecule has 4 rings (SSSR count). The molecule has 0 bridgehead atoms. The van der Waals surface area contributed by atoms with Crippen LogP contribution in [0.5, 0.6) is 0 Å². The van der Waals surface area contributed by atoms with Gasteiger partial charge in [0, 0.05) is 43.9 Å². The van der Waals surface area contributed by atoms with Gasteiger partial charge in [0.1, 0.15) is 0 Å². The van der Waals surface area contributed by atoms with Gasteiger partial charge in [-0.15, -0.1) is 10.2 Å². The summed E-state index contributed by atoms with van der Waals surface area (Å²) in [7, 11) is 0. The number of halogens is 1. The molecule has 1 aromatic heterocycles. The van der Waals surface area contributed by atoms with Crippen LogP contribution < -0.4 is 4.90 Å². The van der Waals surface area contributed by atoms with E-state index >= 15 is 0 Å². The molecule has 0 aliphatic carbocycles. The van der Waals surface area contributed by atoms with Gasteiger partial charge in [-0.05, 0) is 30.7 Å². The maximum atomic E-state index is 12.8. The maximum Gasteiger partial charge on any atom is 0.270 e. The fourth-order valence-electron chi connectivity index (χ4n) is 3.60. The molecule has 1 saturated heterocycles. The van der Waals surface area contributed by atoms with Crippen LogP contribution in [0.15, 0.2) is 54.6 Å². The van der Waals surface area contributed by atoms with E-state index in [9.17, 15) is 14.9 Å². The van der Waals surface area contributed by atoms with Crippen molar-refractivity contribution >= 4 is 29.0 Å². The fourth-order valence-corrected chi connectivity index (χ4v) is 3.80. The second kappa shape index (κ2) is 8.69. The monoisotopic (exact) mass is 437 g/mol. The van der Waals surface area contributed by atoms with Gasteiger partial charge in [-0.1, -0.05) is 35.9 Å². The minimum Gasteiger partial charge on any atom is -0.352 e. The highest BCUT2D eigenvalue weighted by atomic mass is 35.5. The first-order valence-electron chi connectivity index (χ1n) is 9.82. The van der Waals surface area contributed by atoms with E-state index in [0.717, 1.165) is 22.6 Å². The van der Waals surface area contributed by atoms with E-state index in [4.69, 9.17) is 11.6 Å². The van der Waals surface area contributed by atoms with Gasteiger partial charge in [-0.3, -0.25) is 14.9 Å². The molecule has 0 atom stereocenters. The normalized spacial score (nSPS) is 13.9. The van der Waals surface area contributed by atoms with Crippen LogP contribution in [0.2, 0.25) is 5.02 Å². The molecule has 2 heterocycles. The second-order valence-corrected chi connectivity index (χ2v) is 7.70. The number of carbonyl (C=O) groups excluding carboxylic acids is 1. The van der Waals surface area contributed by atoms with Gasteiger partial charge in [0.25, 0.3) is 11.6 Å². The van der Waals surface area contributed by atoms with Gasteiger partial charge < -0.3 is 9.80 Å². The predicted molar refractivity (Wildman–Crippen MR) is 118 cm³/mol. The number of amides is 1. The lowest BCUT2D eigenvalue weighted by molar-refractivity contribution is -0.384. The summed E-state index contributed by atoms with van der Waals surface area (Å²) in [4.78, 5) is 27.0. The van der Waals surface area contributed by atoms with Crippen LogP contribution in [-0.4, -0.2) is 52.1 Å². The lowest BCUT2D eigenvalue weighted by atomic mass is 10.1. The van der Waals surface area contributed by atoms with E-state index < -0.39 is 4.92 Å². The number of nitrogens with zero attached hydrogens (tertiary/aromatic N) is 5. The summed E-state index contributed by atoms with van der Waals surface area (Å²) in [5.74, 6) is 0.437. The third-order valence-electron chi connectivity index (χ3n) is 5.35. The summed E-state index contributed by atoms with van der Waals surface area (Å²) < 4.78 is 0. The maximum absolute atomic E-state index is 12.8. The molecule has 8 nitrogen and oxygen atoms in total. The molecule has 0 N–H and O–H groups in total. The van der Waals surface area contributed by atoms with Crippen LogP contribution >= 0.6 is 11.6 Å². The molecule has 2 aromatic carbocycles. The molecular formula is C22H20ClN5O3. The summed E-state index contributed by atoms with van der Waals surface area (Å²) >= 11 is 6.12. The first kappa shape index (κ1) is 20.7. The van der Waals surface area contributed by atoms with Crippen molar-refractivity contribution in [2.24, 2.45) is 0 Å². The number of nitro benzene ring substituents is 1. The number of hydrogen-bond acceptors (Lipinski definition) is 6. The van der Waals surface area contributed by atoms with Crippen molar-refractivity contribution in [3.8, 4) is 11.3 Å². The van der Waals surface area contributed by atoms with Crippen LogP contribution in [0, 0.1) is 17.0 Å². The number of non-ortho nitro benzene ring substituents is 1. The van der Waals surface area contributed by atoms with E-state index in [2.05, 4.69) is 15.1 Å². The standard InChI is InChI=1S/C22H20ClN5O3/c1-15-4-2-3-5-17(15)20-8-9-21(25-24-20)26-10-12-27(13-11-26)22(29)18-14-16(28(30)31)6-7-19(18)23/h2-9,14H,10-13H2,1H3. The van der Waals surface area contributed by atoms with Crippen LogP contribution in [0.4, 0.5) is 11.5 Å². The Balaban J connectivity index is 1.43. The Morgan fingerprint density at radius 2 is 1.77 bits per heavy atom. The van der Waals surface area contributed by atoms with Crippen molar-refractivity contribution in [2.75, 3.05) is 31.1 Å². The molecule has 0 radical (unpaired) electrons. The van der Waals surface area contributed by atoms with Crippen LogP contribution in [0.1, 0.15) is 15.9 Å². The minimum absolute atomic E-state index is 0.145. The topological polar surface area (TPSA) is 92.5 Å². The largest absolute Gasteiger partial charge is 0.352 e. The molecule has 0 unspecified atom stereocenters. The number of anilines is 1. The van der Waals surface area contributed by atoms with Gasteiger partial charge >= 0.3 is 0 Å². The van der Waals surface area contributed by atoms with E-state index in [1.165, 1.54) is 18.2 Å². The Morgan fingerprint density at radius 3 is 2.42 bits per heavy atom. The van der Waals surface area contributed by atoms with Crippen molar-refractivity contribution in [3.05, 3.63) is 80.9 Å². The number of rotatable bonds is 4. The van der Waals surface area contributed by atoms with Gasteiger partial charge in [-0.25, -0.2) is 0 Å². The summed E-state index contributed by atoms with van der Waals surface area (Å²) in [5.41, 5.74) is 2.99. The van der Waals surface area contributed by atoms with Crippen molar-refractivity contribution in [1.82, 2.24) is 15.1 Å². The van der Waals surface area contributed by atoms with Gasteiger partial charge in [0.15, 0.2) is 5.82 Å². The van der Waals surface area contributed by atoms with Crippen LogP contribution in [0.3, 0.4) is 0 Å². The summed E-state index contributed by atoms with van der Waals surface area (Å²) in [5, 5.41) is 20.0. The zero-order valence-electron chi connectivity index (χ0n) is 16.9. The first-order chi connectivity index (χ1) is 14.9. The van der Waals surface area contributed by atoms with Crippen molar-refractivity contribution in [1.29, 1.82) is 0 Å². The SMILES string of the molecule is Cc1ccccc1-c1ccc(N2CCN(C(=O)c3cc([N+](=O)[O-])ccc3Cl)CC2)nn1. The van der Waals surface area contributed by atoms with E-state index in [1.54, 1.807) is 4.90 Å². The lowest BCUT2D eigenvalue weighted by Gasteiger charge is -2.35. The molecule has 1 fully saturated rings. The number of piperazine rings is 1. The van der Waals surface area contributed by atoms with Crippen molar-refractivity contribution in [2.45, 2.75) is 6.92 Å². The summed E-state index contributed by atoms with van der Waals surface area (Å²) in [6.45, 7) is 4.11. The molecule has 158 valence electrons. The fraction of sp³-hybridized carbons (Fsp3) is 0.227. The number of nitro groups is 1. The minimum atomic E-state index is -0.537. The molecule has 31 heavy (non-hydrogen) atoms. The Bertz CT molecular complexity index is 1130. The Kier molecular flexibility index (Phi) is 5.81. The molecule has 1 amide bonds. The van der Waals surface area contributed by atoms with Gasteiger partial charge in [0.2, 0.25) is 0 Å². The third kappa shape index (κ3) is 4.34. The average Bonchev–Trinajstić information content (AvgIpc) is 2.79. The zero-order valence-corrected chi connectivity index (χ0v) is 17.6. The first-order valence-corrected chi connectivity index (χ1v) is 10.2. The quantitative estimate of drug-likeness (QED) is 0.453. The molecular weight excluding hydrogens is 418 g/mol. The molecule has 9 heteroatoms. The lowest BCUT2D eigenvalue weighted by Crippen LogP contribution is -2.49. The van der Waals surface area contributed by atoms with Crippen LogP contribution in [0.25, 0.3) is 11.3 Å². The molecule has 3 aromatic rings. The summed E-state index contributed by atoms with van der Waals surface area (Å²) in [6, 6.07) is 15.8. The zero-order chi connectivity index (χ0) is 22.0. The number of aromatic nitrogens is 2. The third-order valence-corrected chi connectivity index (χ3v) is 5.68. The Hall–Kier alpha value is -3.52. The van der Waals surface area contributed by atoms with E-state index in [0.29, 0.717) is 26.2 Å². The van der Waals surface area contributed by atoms with E-state index in [-0.39, 0.29) is 22.2 Å². The van der Waals surface area contributed by atoms with Crippen LogP contribution in [-0.2, 0) is 0 Å². The summed E-state index contributed by atoms with van der Waals surface area (Å²) in [6.07, 6.45) is 0. The van der Waals surface area contributed by atoms with Crippen molar-refractivity contribution < 1.29 is 9.72 Å². The highest BCUT2D eigenvalue weighted by molar-refractivity contribution is 6.33. The number of benzene rings is 2. The van der Waals surface area contributed by atoms with Gasteiger partial charge in [0.05, 0.1) is 21.2 Å². The second-order valence-electron chi connectivity index (χ2n) is 7.29. The number of aryl methyl sites for hydroxylation is 1. The van der Waals surface area contributed by atoms with Gasteiger partial charge in [-0.2, -0.15) is 0 Å². The Morgan fingerprint density at radius 1 is 1.03 bits per heavy atom. The molecule has 1 aliphatic heterocycles. The highest BCUT2D eigenvalue weighted by Crippen LogP contribution is 2.25. The highest BCUT2D eigenvalue weighted by Gasteiger charge is 2.26. The Labute approximate surface area is 184 Å².